The highest BCUT2D eigenvalue weighted by Gasteiger charge is 2.28. The van der Waals surface area contributed by atoms with Gasteiger partial charge in [-0.1, -0.05) is 6.07 Å². The van der Waals surface area contributed by atoms with Crippen LogP contribution in [0, 0.1) is 11.7 Å². The predicted octanol–water partition coefficient (Wildman–Crippen LogP) is 1.98. The zero-order valence-corrected chi connectivity index (χ0v) is 13.6. The molecular formula is C15H23FN2O2S. The van der Waals surface area contributed by atoms with Crippen LogP contribution < -0.4 is 10.2 Å². The highest BCUT2D eigenvalue weighted by atomic mass is 32.2. The number of benzene rings is 1. The van der Waals surface area contributed by atoms with E-state index in [1.807, 2.05) is 25.9 Å². The quantitative estimate of drug-likeness (QED) is 0.903. The monoisotopic (exact) mass is 314 g/mol. The molecule has 118 valence electrons. The van der Waals surface area contributed by atoms with Gasteiger partial charge in [-0.2, -0.15) is 0 Å². The lowest BCUT2D eigenvalue weighted by molar-refractivity contribution is 0.476. The van der Waals surface area contributed by atoms with Crippen molar-refractivity contribution in [3.8, 4) is 0 Å². The first kappa shape index (κ1) is 16.2. The van der Waals surface area contributed by atoms with Gasteiger partial charge in [-0.3, -0.25) is 0 Å². The molecule has 1 aromatic carbocycles. The van der Waals surface area contributed by atoms with E-state index >= 15 is 0 Å². The van der Waals surface area contributed by atoms with Crippen LogP contribution in [0.4, 0.5) is 10.1 Å². The Kier molecular flexibility index (Phi) is 4.88. The van der Waals surface area contributed by atoms with Gasteiger partial charge in [-0.15, -0.1) is 0 Å². The van der Waals surface area contributed by atoms with Crippen LogP contribution in [0.25, 0.3) is 0 Å². The van der Waals surface area contributed by atoms with Crippen molar-refractivity contribution >= 4 is 15.5 Å². The van der Waals surface area contributed by atoms with Crippen LogP contribution in [0.15, 0.2) is 18.2 Å². The molecule has 1 aliphatic heterocycles. The Balaban J connectivity index is 2.02. The summed E-state index contributed by atoms with van der Waals surface area (Å²) in [6.07, 6.45) is 0.728. The second-order valence-electron chi connectivity index (χ2n) is 6.00. The molecule has 1 N–H and O–H groups in total. The van der Waals surface area contributed by atoms with E-state index in [1.54, 1.807) is 6.07 Å². The van der Waals surface area contributed by atoms with Gasteiger partial charge in [-0.05, 0) is 43.5 Å². The summed E-state index contributed by atoms with van der Waals surface area (Å²) in [5.41, 5.74) is 1.86. The summed E-state index contributed by atoms with van der Waals surface area (Å²) >= 11 is 0. The van der Waals surface area contributed by atoms with E-state index in [9.17, 15) is 12.8 Å². The molecule has 1 fully saturated rings. The van der Waals surface area contributed by atoms with Gasteiger partial charge in [-0.25, -0.2) is 12.8 Å². The third-order valence-electron chi connectivity index (χ3n) is 3.98. The van der Waals surface area contributed by atoms with Gasteiger partial charge < -0.3 is 10.2 Å². The van der Waals surface area contributed by atoms with Crippen molar-refractivity contribution < 1.29 is 12.8 Å². The minimum Gasteiger partial charge on any atom is -0.377 e. The molecule has 1 saturated heterocycles. The maximum absolute atomic E-state index is 13.4. The normalized spacial score (nSPS) is 22.2. The van der Waals surface area contributed by atoms with Crippen LogP contribution in [-0.2, 0) is 9.84 Å². The topological polar surface area (TPSA) is 49.4 Å². The molecule has 1 aliphatic rings. The second kappa shape index (κ2) is 6.32. The highest BCUT2D eigenvalue weighted by molar-refractivity contribution is 7.91. The number of hydrogen-bond acceptors (Lipinski definition) is 4. The molecule has 0 unspecified atom stereocenters. The molecule has 1 heterocycles. The maximum Gasteiger partial charge on any atom is 0.150 e. The number of hydrogen-bond donors (Lipinski definition) is 1. The van der Waals surface area contributed by atoms with Crippen LogP contribution in [0.1, 0.15) is 24.9 Å². The van der Waals surface area contributed by atoms with E-state index < -0.39 is 9.84 Å². The molecule has 0 bridgehead atoms. The number of halogens is 1. The largest absolute Gasteiger partial charge is 0.377 e. The number of rotatable bonds is 5. The van der Waals surface area contributed by atoms with Crippen LogP contribution in [0.5, 0.6) is 0 Å². The van der Waals surface area contributed by atoms with E-state index in [4.69, 9.17) is 0 Å². The Labute approximate surface area is 126 Å². The first-order valence-corrected chi connectivity index (χ1v) is 9.01. The SMILES string of the molecule is C[C@@H](NC[C@H]1CCS(=O)(=O)C1)c1ccc(F)cc1N(C)C. The van der Waals surface area contributed by atoms with E-state index in [0.717, 1.165) is 17.7 Å². The van der Waals surface area contributed by atoms with Crippen LogP contribution >= 0.6 is 0 Å². The number of nitrogens with zero attached hydrogens (tertiary/aromatic N) is 1. The number of anilines is 1. The van der Waals surface area contributed by atoms with Crippen molar-refractivity contribution in [3.05, 3.63) is 29.6 Å². The minimum atomic E-state index is -2.83. The molecule has 0 aliphatic carbocycles. The number of nitrogens with one attached hydrogen (secondary N) is 1. The maximum atomic E-state index is 13.4. The lowest BCUT2D eigenvalue weighted by Gasteiger charge is -2.23. The minimum absolute atomic E-state index is 0.0475. The summed E-state index contributed by atoms with van der Waals surface area (Å²) in [6.45, 7) is 2.69. The molecule has 4 nitrogen and oxygen atoms in total. The van der Waals surface area contributed by atoms with Crippen molar-refractivity contribution in [3.63, 3.8) is 0 Å². The fourth-order valence-corrected chi connectivity index (χ4v) is 4.62. The molecule has 0 amide bonds. The lowest BCUT2D eigenvalue weighted by atomic mass is 10.0. The van der Waals surface area contributed by atoms with Gasteiger partial charge in [0, 0.05) is 25.8 Å². The molecule has 0 spiro atoms. The van der Waals surface area contributed by atoms with Gasteiger partial charge >= 0.3 is 0 Å². The summed E-state index contributed by atoms with van der Waals surface area (Å²) in [5.74, 6) is 0.501. The van der Waals surface area contributed by atoms with Crippen LogP contribution in [0.3, 0.4) is 0 Å². The summed E-state index contributed by atoms with van der Waals surface area (Å²) in [6, 6.07) is 4.81. The molecular weight excluding hydrogens is 291 g/mol. The fraction of sp³-hybridized carbons (Fsp3) is 0.600. The van der Waals surface area contributed by atoms with Gasteiger partial charge in [0.1, 0.15) is 5.82 Å². The van der Waals surface area contributed by atoms with Crippen molar-refractivity contribution in [2.24, 2.45) is 5.92 Å². The number of sulfone groups is 1. The van der Waals surface area contributed by atoms with Crippen molar-refractivity contribution in [2.75, 3.05) is 37.0 Å². The van der Waals surface area contributed by atoms with Gasteiger partial charge in [0.15, 0.2) is 9.84 Å². The highest BCUT2D eigenvalue weighted by Crippen LogP contribution is 2.26. The summed E-state index contributed by atoms with van der Waals surface area (Å²) in [5, 5.41) is 3.38. The zero-order valence-electron chi connectivity index (χ0n) is 12.8. The van der Waals surface area contributed by atoms with E-state index in [0.29, 0.717) is 12.3 Å². The smallest absolute Gasteiger partial charge is 0.150 e. The summed E-state index contributed by atoms with van der Waals surface area (Å²) in [4.78, 5) is 1.89. The average molecular weight is 314 g/mol. The Morgan fingerprint density at radius 1 is 1.43 bits per heavy atom. The Hall–Kier alpha value is -1.14. The molecule has 0 radical (unpaired) electrons. The van der Waals surface area contributed by atoms with Crippen molar-refractivity contribution in [2.45, 2.75) is 19.4 Å². The van der Waals surface area contributed by atoms with Crippen LogP contribution in [-0.4, -0.2) is 40.6 Å². The molecule has 0 saturated carbocycles. The first-order valence-electron chi connectivity index (χ1n) is 7.19. The third kappa shape index (κ3) is 4.17. The Morgan fingerprint density at radius 2 is 2.14 bits per heavy atom. The molecule has 0 aromatic heterocycles. The molecule has 6 heteroatoms. The van der Waals surface area contributed by atoms with E-state index in [-0.39, 0.29) is 23.5 Å². The predicted molar refractivity (Wildman–Crippen MR) is 83.9 cm³/mol. The van der Waals surface area contributed by atoms with E-state index in [2.05, 4.69) is 5.32 Å². The van der Waals surface area contributed by atoms with Crippen LogP contribution in [0.2, 0.25) is 0 Å². The second-order valence-corrected chi connectivity index (χ2v) is 8.23. The molecule has 1 aromatic rings. The standard InChI is InChI=1S/C15H23FN2O2S/c1-11(17-9-12-6-7-21(19,20)10-12)14-5-4-13(16)8-15(14)18(2)3/h4-5,8,11-12,17H,6-7,9-10H2,1-3H3/t11-,12-/m1/s1. The van der Waals surface area contributed by atoms with Gasteiger partial charge in [0.2, 0.25) is 0 Å². The van der Waals surface area contributed by atoms with Crippen molar-refractivity contribution in [1.82, 2.24) is 5.32 Å². The third-order valence-corrected chi connectivity index (χ3v) is 5.82. The van der Waals surface area contributed by atoms with Crippen molar-refractivity contribution in [1.29, 1.82) is 0 Å². The average Bonchev–Trinajstić information content (AvgIpc) is 2.75. The zero-order chi connectivity index (χ0) is 15.6. The molecule has 21 heavy (non-hydrogen) atoms. The lowest BCUT2D eigenvalue weighted by Crippen LogP contribution is -2.27. The molecule has 2 rings (SSSR count). The summed E-state index contributed by atoms with van der Waals surface area (Å²) < 4.78 is 36.3. The van der Waals surface area contributed by atoms with Gasteiger partial charge in [0.05, 0.1) is 11.5 Å². The summed E-state index contributed by atoms with van der Waals surface area (Å²) in [7, 11) is 0.934. The molecule has 2 atom stereocenters. The first-order chi connectivity index (χ1) is 9.78. The Bertz CT molecular complexity index is 602. The Morgan fingerprint density at radius 3 is 2.71 bits per heavy atom. The van der Waals surface area contributed by atoms with E-state index in [1.165, 1.54) is 12.1 Å². The van der Waals surface area contributed by atoms with Gasteiger partial charge in [0.25, 0.3) is 0 Å². The fourth-order valence-electron chi connectivity index (χ4n) is 2.76.